The molecule has 2 rings (SSSR count). The summed E-state index contributed by atoms with van der Waals surface area (Å²) in [5.41, 5.74) is 0. The molecule has 2 heteroatoms. The molecule has 9 heavy (non-hydrogen) atoms. The summed E-state index contributed by atoms with van der Waals surface area (Å²) in [4.78, 5) is 8.35. The molecule has 0 aromatic carbocycles. The number of isocyanates is 1. The van der Waals surface area contributed by atoms with Gasteiger partial charge in [-0.3, -0.25) is 0 Å². The molecule has 2 nitrogen and oxygen atoms in total. The fourth-order valence-electron chi connectivity index (χ4n) is 1.56. The Hall–Kier alpha value is -0.620. The largest absolute Gasteiger partial charge is 0.231 e. The highest BCUT2D eigenvalue weighted by molar-refractivity contribution is 5.26. The van der Waals surface area contributed by atoms with E-state index in [1.54, 1.807) is 25.7 Å². The molecule has 1 N–H and O–H groups in total. The predicted molar refractivity (Wildman–Crippen MR) is 33.9 cm³/mol. The van der Waals surface area contributed by atoms with Crippen molar-refractivity contribution in [3.63, 3.8) is 0 Å². The molecule has 0 amide bonds. The van der Waals surface area contributed by atoms with Crippen molar-refractivity contribution in [2.24, 2.45) is 11.8 Å². The van der Waals surface area contributed by atoms with Gasteiger partial charge in [0.25, 0.3) is 0 Å². The first-order valence-corrected chi connectivity index (χ1v) is 3.42. The molecule has 0 aromatic heterocycles. The van der Waals surface area contributed by atoms with Crippen molar-refractivity contribution in [2.75, 3.05) is 0 Å². The summed E-state index contributed by atoms with van der Waals surface area (Å²) in [6.07, 6.45) is 6.99. The van der Waals surface area contributed by atoms with Gasteiger partial charge >= 0.3 is 0 Å². The molecule has 0 aromatic rings. The molecule has 0 heterocycles. The van der Waals surface area contributed by atoms with E-state index in [4.69, 9.17) is 10.2 Å². The van der Waals surface area contributed by atoms with E-state index in [0.717, 1.165) is 6.08 Å². The van der Waals surface area contributed by atoms with E-state index in [0.29, 0.717) is 0 Å². The molecular formula is C7H11NO. The maximum Gasteiger partial charge on any atom is 0.231 e. The number of rotatable bonds is 0. The van der Waals surface area contributed by atoms with Gasteiger partial charge in [0.2, 0.25) is 6.08 Å². The third-order valence-electron chi connectivity index (χ3n) is 2.48. The van der Waals surface area contributed by atoms with Crippen LogP contribution < -0.4 is 0 Å². The Morgan fingerprint density at radius 2 is 1.33 bits per heavy atom. The molecule has 0 spiro atoms. The fraction of sp³-hybridized carbons (Fsp3) is 0.857. The van der Waals surface area contributed by atoms with E-state index >= 15 is 0 Å². The lowest BCUT2D eigenvalue weighted by Gasteiger charge is -2.46. The van der Waals surface area contributed by atoms with Gasteiger partial charge in [-0.1, -0.05) is 0 Å². The molecule has 2 aliphatic rings. The summed E-state index contributed by atoms with van der Waals surface area (Å²) in [6.45, 7) is 0. The lowest BCUT2D eigenvalue weighted by Crippen LogP contribution is -2.34. The molecule has 2 fully saturated rings. The van der Waals surface area contributed by atoms with Crippen LogP contribution in [0, 0.1) is 17.2 Å². The molecule has 0 unspecified atom stereocenters. The van der Waals surface area contributed by atoms with Gasteiger partial charge in [0.1, 0.15) is 0 Å². The molecule has 0 saturated heterocycles. The van der Waals surface area contributed by atoms with Crippen molar-refractivity contribution in [3.05, 3.63) is 0 Å². The smallest absolute Gasteiger partial charge is 0.222 e. The molecule has 0 radical (unpaired) electrons. The minimum Gasteiger partial charge on any atom is -0.222 e. The standard InChI is InChI=1S/C6H10.CHNO/c1-2-6-4-3-5(1)6;2-1-3/h5-6H,1-4H2;2H. The molecule has 2 aliphatic carbocycles. The first-order valence-electron chi connectivity index (χ1n) is 3.42. The molecule has 50 valence electrons. The Morgan fingerprint density at radius 1 is 1.11 bits per heavy atom. The highest BCUT2D eigenvalue weighted by atomic mass is 16.1. The van der Waals surface area contributed by atoms with Crippen molar-refractivity contribution < 1.29 is 4.79 Å². The third-order valence-corrected chi connectivity index (χ3v) is 2.48. The molecule has 2 saturated carbocycles. The highest BCUT2D eigenvalue weighted by Crippen LogP contribution is 2.49. The molecular weight excluding hydrogens is 114 g/mol. The number of hydrogen-bond acceptors (Lipinski definition) is 2. The predicted octanol–water partition coefficient (Wildman–Crippen LogP) is 1.71. The van der Waals surface area contributed by atoms with Gasteiger partial charge in [-0.15, -0.1) is 0 Å². The van der Waals surface area contributed by atoms with Crippen LogP contribution in [-0.2, 0) is 4.79 Å². The first kappa shape index (κ1) is 6.50. The average Bonchev–Trinajstić information content (AvgIpc) is 1.81. The van der Waals surface area contributed by atoms with Crippen LogP contribution in [0.3, 0.4) is 0 Å². The van der Waals surface area contributed by atoms with Crippen LogP contribution in [0.5, 0.6) is 0 Å². The van der Waals surface area contributed by atoms with Crippen molar-refractivity contribution >= 4 is 6.08 Å². The number of hydrogen-bond donors (Lipinski definition) is 1. The third kappa shape index (κ3) is 1.19. The second-order valence-corrected chi connectivity index (χ2v) is 2.78. The van der Waals surface area contributed by atoms with Crippen molar-refractivity contribution in [1.29, 1.82) is 5.41 Å². The second-order valence-electron chi connectivity index (χ2n) is 2.78. The van der Waals surface area contributed by atoms with Crippen LogP contribution in [0.2, 0.25) is 0 Å². The first-order chi connectivity index (χ1) is 4.38. The van der Waals surface area contributed by atoms with Gasteiger partial charge in [-0.2, -0.15) is 0 Å². The minimum absolute atomic E-state index is 0.750. The van der Waals surface area contributed by atoms with Crippen LogP contribution in [0.4, 0.5) is 0 Å². The molecule has 0 bridgehead atoms. The van der Waals surface area contributed by atoms with E-state index in [2.05, 4.69) is 0 Å². The Balaban J connectivity index is 0.000000120. The Morgan fingerprint density at radius 3 is 1.33 bits per heavy atom. The zero-order valence-corrected chi connectivity index (χ0v) is 5.39. The SMILES string of the molecule is C1CC2CCC12.N=C=O. The zero-order valence-electron chi connectivity index (χ0n) is 5.39. The Kier molecular flexibility index (Phi) is 2.01. The van der Waals surface area contributed by atoms with Gasteiger partial charge in [0, 0.05) is 0 Å². The van der Waals surface area contributed by atoms with Crippen LogP contribution in [-0.4, -0.2) is 6.08 Å². The number of nitrogens with one attached hydrogen (secondary N) is 1. The summed E-state index contributed by atoms with van der Waals surface area (Å²) >= 11 is 0. The lowest BCUT2D eigenvalue weighted by atomic mass is 9.60. The summed E-state index contributed by atoms with van der Waals surface area (Å²) in [5.74, 6) is 2.43. The maximum absolute atomic E-state index is 8.35. The van der Waals surface area contributed by atoms with Gasteiger partial charge < -0.3 is 0 Å². The monoisotopic (exact) mass is 125 g/mol. The Bertz CT molecular complexity index is 109. The van der Waals surface area contributed by atoms with Crippen molar-refractivity contribution in [1.82, 2.24) is 0 Å². The van der Waals surface area contributed by atoms with E-state index < -0.39 is 0 Å². The van der Waals surface area contributed by atoms with E-state index in [-0.39, 0.29) is 0 Å². The molecule has 0 atom stereocenters. The molecule has 0 aliphatic heterocycles. The quantitative estimate of drug-likeness (QED) is 0.388. The normalized spacial score (nSPS) is 35.6. The maximum atomic E-state index is 8.35. The van der Waals surface area contributed by atoms with Gasteiger partial charge in [-0.25, -0.2) is 10.2 Å². The van der Waals surface area contributed by atoms with E-state index in [1.165, 1.54) is 11.8 Å². The van der Waals surface area contributed by atoms with Crippen LogP contribution >= 0.6 is 0 Å². The Labute approximate surface area is 54.8 Å². The van der Waals surface area contributed by atoms with Crippen molar-refractivity contribution in [2.45, 2.75) is 25.7 Å². The van der Waals surface area contributed by atoms with Gasteiger partial charge in [-0.05, 0) is 37.5 Å². The van der Waals surface area contributed by atoms with Crippen LogP contribution in [0.1, 0.15) is 25.7 Å². The average molecular weight is 125 g/mol. The number of fused-ring (bicyclic) bond motifs is 1. The summed E-state index contributed by atoms with van der Waals surface area (Å²) in [6, 6.07) is 0. The number of carbonyl (C=O) groups excluding carboxylic acids is 1. The van der Waals surface area contributed by atoms with E-state index in [9.17, 15) is 0 Å². The highest BCUT2D eigenvalue weighted by Gasteiger charge is 2.37. The van der Waals surface area contributed by atoms with E-state index in [1.807, 2.05) is 0 Å². The summed E-state index contributed by atoms with van der Waals surface area (Å²) in [7, 11) is 0. The zero-order chi connectivity index (χ0) is 6.69. The van der Waals surface area contributed by atoms with Crippen LogP contribution in [0.25, 0.3) is 0 Å². The summed E-state index contributed by atoms with van der Waals surface area (Å²) in [5, 5.41) is 5.40. The fourth-order valence-corrected chi connectivity index (χ4v) is 1.56. The minimum atomic E-state index is 0.750. The van der Waals surface area contributed by atoms with Crippen molar-refractivity contribution in [3.8, 4) is 0 Å². The topological polar surface area (TPSA) is 40.9 Å². The van der Waals surface area contributed by atoms with Crippen LogP contribution in [0.15, 0.2) is 0 Å². The van der Waals surface area contributed by atoms with Gasteiger partial charge in [0.15, 0.2) is 0 Å². The second kappa shape index (κ2) is 2.79. The lowest BCUT2D eigenvalue weighted by molar-refractivity contribution is 0.0548. The summed E-state index contributed by atoms with van der Waals surface area (Å²) < 4.78 is 0. The van der Waals surface area contributed by atoms with Gasteiger partial charge in [0.05, 0.1) is 0 Å².